The van der Waals surface area contributed by atoms with Gasteiger partial charge < -0.3 is 20.9 Å². The molecule has 7 heteroatoms. The maximum Gasteiger partial charge on any atom is 0.0991 e. The molecule has 6 aromatic rings. The first-order chi connectivity index (χ1) is 23.1. The zero-order chi connectivity index (χ0) is 33.4. The van der Waals surface area contributed by atoms with Crippen LogP contribution in [0.5, 0.6) is 0 Å². The van der Waals surface area contributed by atoms with E-state index < -0.39 is 0 Å². The van der Waals surface area contributed by atoms with Gasteiger partial charge in [-0.25, -0.2) is 5.12 Å². The molecule has 0 spiro atoms. The van der Waals surface area contributed by atoms with Crippen LogP contribution >= 0.6 is 0 Å². The number of aromatic nitrogens is 1. The Morgan fingerprint density at radius 1 is 0.771 bits per heavy atom. The highest BCUT2D eigenvalue weighted by Crippen LogP contribution is 2.53. The molecular formula is C41H35FN6. The van der Waals surface area contributed by atoms with Crippen LogP contribution < -0.4 is 21.5 Å². The van der Waals surface area contributed by atoms with E-state index in [1.165, 1.54) is 12.6 Å². The summed E-state index contributed by atoms with van der Waals surface area (Å²) in [4.78, 5) is 2.23. The number of nitrogens with two attached hydrogens (primary N) is 2. The molecule has 2 heterocycles. The highest BCUT2D eigenvalue weighted by molar-refractivity contribution is 6.11. The molecule has 0 fully saturated rings. The Hall–Kier alpha value is -6.00. The Morgan fingerprint density at radius 2 is 1.50 bits per heavy atom. The number of hydrogen-bond acceptors (Lipinski definition) is 5. The second-order valence-corrected chi connectivity index (χ2v) is 13.1. The third-order valence-electron chi connectivity index (χ3n) is 9.72. The fourth-order valence-electron chi connectivity index (χ4n) is 7.68. The summed E-state index contributed by atoms with van der Waals surface area (Å²) in [6.45, 7) is 6.17. The summed E-state index contributed by atoms with van der Waals surface area (Å²) < 4.78 is 18.2. The number of allylic oxidation sites excluding steroid dienone is 2. The van der Waals surface area contributed by atoms with Gasteiger partial charge in [-0.3, -0.25) is 0 Å². The second kappa shape index (κ2) is 10.8. The van der Waals surface area contributed by atoms with Gasteiger partial charge in [0.05, 0.1) is 45.8 Å². The number of nitrogen functional groups attached to an aromatic ring is 2. The summed E-state index contributed by atoms with van der Waals surface area (Å²) in [5.41, 5.74) is 25.5. The number of fused-ring (bicyclic) bond motifs is 6. The molecule has 0 bridgehead atoms. The van der Waals surface area contributed by atoms with Gasteiger partial charge in [-0.1, -0.05) is 41.5 Å². The van der Waals surface area contributed by atoms with E-state index in [9.17, 15) is 5.26 Å². The summed E-state index contributed by atoms with van der Waals surface area (Å²) in [6.07, 6.45) is 6.59. The van der Waals surface area contributed by atoms with Gasteiger partial charge in [0.1, 0.15) is 0 Å². The van der Waals surface area contributed by atoms with E-state index in [1.807, 2.05) is 61.5 Å². The Bertz CT molecular complexity index is 2370. The SMILES string of the molecule is CC1=CC2c3cc(N)ccc3N(c3cc(-c4cc(C)cc(C#N)c4)c(-n4c5ccc(C)cc5c5cc(N)ccc54)cc3N(C)F)C2C=C1. The average molecular weight is 631 g/mol. The Balaban J connectivity index is 1.49. The number of nitrogens with zero attached hydrogens (tertiary/aromatic N) is 4. The topological polar surface area (TPSA) is 87.2 Å². The van der Waals surface area contributed by atoms with Gasteiger partial charge in [-0.2, -0.15) is 5.26 Å². The zero-order valence-corrected chi connectivity index (χ0v) is 27.3. The first-order valence-corrected chi connectivity index (χ1v) is 16.1. The van der Waals surface area contributed by atoms with Crippen LogP contribution in [0, 0.1) is 25.2 Å². The van der Waals surface area contributed by atoms with E-state index in [1.54, 1.807) is 0 Å². The number of aryl methyl sites for hydroxylation is 2. The number of halogens is 1. The molecule has 1 aromatic heterocycles. The number of rotatable bonds is 4. The Labute approximate surface area is 279 Å². The first kappa shape index (κ1) is 29.4. The van der Waals surface area contributed by atoms with Crippen molar-refractivity contribution in [1.82, 2.24) is 4.57 Å². The average Bonchev–Trinajstić information content (AvgIpc) is 3.54. The minimum atomic E-state index is -0.0748. The molecule has 0 saturated heterocycles. The van der Waals surface area contributed by atoms with Crippen molar-refractivity contribution < 1.29 is 4.48 Å². The Kier molecular flexibility index (Phi) is 6.61. The van der Waals surface area contributed by atoms with Crippen molar-refractivity contribution in [3.8, 4) is 22.9 Å². The van der Waals surface area contributed by atoms with Crippen molar-refractivity contribution in [2.75, 3.05) is 28.5 Å². The van der Waals surface area contributed by atoms with Crippen LogP contribution in [-0.2, 0) is 0 Å². The molecule has 2 unspecified atom stereocenters. The normalized spacial score (nSPS) is 16.6. The lowest BCUT2D eigenvalue weighted by molar-refractivity contribution is 0.476. The quantitative estimate of drug-likeness (QED) is 0.150. The number of anilines is 5. The minimum Gasteiger partial charge on any atom is -0.399 e. The molecule has 0 radical (unpaired) electrons. The predicted octanol–water partition coefficient (Wildman–Crippen LogP) is 9.54. The van der Waals surface area contributed by atoms with Crippen molar-refractivity contribution in [1.29, 1.82) is 5.26 Å². The van der Waals surface area contributed by atoms with Crippen LogP contribution in [0.4, 0.5) is 32.9 Å². The van der Waals surface area contributed by atoms with Gasteiger partial charge in [0, 0.05) is 46.4 Å². The molecule has 1 aliphatic heterocycles. The van der Waals surface area contributed by atoms with E-state index in [0.29, 0.717) is 27.7 Å². The molecule has 8 rings (SSSR count). The molecule has 0 saturated carbocycles. The molecule has 4 N–H and O–H groups in total. The second-order valence-electron chi connectivity index (χ2n) is 13.1. The van der Waals surface area contributed by atoms with Crippen LogP contribution in [0.1, 0.15) is 35.1 Å². The van der Waals surface area contributed by atoms with Crippen molar-refractivity contribution in [2.24, 2.45) is 0 Å². The van der Waals surface area contributed by atoms with Gasteiger partial charge in [0.15, 0.2) is 0 Å². The van der Waals surface area contributed by atoms with Crippen molar-refractivity contribution in [2.45, 2.75) is 32.7 Å². The molecule has 6 nitrogen and oxygen atoms in total. The van der Waals surface area contributed by atoms with Gasteiger partial charge in [0.25, 0.3) is 0 Å². The lowest BCUT2D eigenvalue weighted by Gasteiger charge is -2.32. The number of nitriles is 1. The largest absolute Gasteiger partial charge is 0.399 e. The van der Waals surface area contributed by atoms with Gasteiger partial charge in [-0.15, -0.1) is 4.48 Å². The first-order valence-electron chi connectivity index (χ1n) is 16.1. The van der Waals surface area contributed by atoms with Crippen LogP contribution in [0.25, 0.3) is 38.6 Å². The van der Waals surface area contributed by atoms with Gasteiger partial charge >= 0.3 is 0 Å². The molecule has 1 aliphatic carbocycles. The number of benzene rings is 5. The summed E-state index contributed by atoms with van der Waals surface area (Å²) >= 11 is 0. The van der Waals surface area contributed by atoms with Crippen LogP contribution in [0.3, 0.4) is 0 Å². The van der Waals surface area contributed by atoms with Crippen LogP contribution in [0.2, 0.25) is 0 Å². The summed E-state index contributed by atoms with van der Waals surface area (Å²) in [5.74, 6) is 0.0598. The maximum atomic E-state index is 16.0. The van der Waals surface area contributed by atoms with Crippen molar-refractivity contribution in [3.63, 3.8) is 0 Å². The van der Waals surface area contributed by atoms with Crippen LogP contribution in [-0.4, -0.2) is 17.7 Å². The van der Waals surface area contributed by atoms with Crippen molar-refractivity contribution >= 4 is 50.2 Å². The lowest BCUT2D eigenvalue weighted by Crippen LogP contribution is -2.30. The van der Waals surface area contributed by atoms with E-state index in [2.05, 4.69) is 77.9 Å². The lowest BCUT2D eigenvalue weighted by atomic mass is 9.88. The highest BCUT2D eigenvalue weighted by atomic mass is 19.2. The third kappa shape index (κ3) is 4.52. The summed E-state index contributed by atoms with van der Waals surface area (Å²) in [6, 6.07) is 30.5. The van der Waals surface area contributed by atoms with Crippen molar-refractivity contribution in [3.05, 3.63) is 131 Å². The molecule has 2 aliphatic rings. The highest BCUT2D eigenvalue weighted by Gasteiger charge is 2.40. The molecule has 0 amide bonds. The number of hydrogen-bond donors (Lipinski definition) is 2. The molecule has 236 valence electrons. The molecule has 2 atom stereocenters. The molecule has 48 heavy (non-hydrogen) atoms. The Morgan fingerprint density at radius 3 is 2.27 bits per heavy atom. The standard InChI is InChI=1S/C41H35FN6/c1-23-5-9-35-31(15-23)33-18-28(44)7-11-37(33)47(35)39-21-40(46(4)42)41(20-30(39)27-14-25(3)13-26(17-27)22-43)48-36-10-6-24(2)16-32(36)34-19-29(45)8-12-38(34)48/h5-21,32,36H,44-45H2,1-4H3. The predicted molar refractivity (Wildman–Crippen MR) is 197 cm³/mol. The molecular weight excluding hydrogens is 595 g/mol. The fourth-order valence-corrected chi connectivity index (χ4v) is 7.68. The fraction of sp³-hybridized carbons (Fsp3) is 0.146. The third-order valence-corrected chi connectivity index (χ3v) is 9.72. The van der Waals surface area contributed by atoms with E-state index in [0.717, 1.165) is 66.7 Å². The summed E-state index contributed by atoms with van der Waals surface area (Å²) in [7, 11) is 1.44. The smallest absolute Gasteiger partial charge is 0.0991 e. The van der Waals surface area contributed by atoms with E-state index in [4.69, 9.17) is 11.5 Å². The van der Waals surface area contributed by atoms with E-state index >= 15 is 4.48 Å². The maximum absolute atomic E-state index is 16.0. The molecule has 5 aromatic carbocycles. The minimum absolute atomic E-state index is 0.0598. The van der Waals surface area contributed by atoms with E-state index in [-0.39, 0.29) is 12.0 Å². The van der Waals surface area contributed by atoms with Gasteiger partial charge in [0.2, 0.25) is 0 Å². The van der Waals surface area contributed by atoms with Gasteiger partial charge in [-0.05, 0) is 110 Å². The monoisotopic (exact) mass is 630 g/mol. The van der Waals surface area contributed by atoms with Crippen LogP contribution in [0.15, 0.2) is 109 Å². The summed E-state index contributed by atoms with van der Waals surface area (Å²) in [5, 5.41) is 12.8. The zero-order valence-electron chi connectivity index (χ0n) is 27.3.